The Bertz CT molecular complexity index is 1050. The van der Waals surface area contributed by atoms with Gasteiger partial charge in [0.25, 0.3) is 0 Å². The van der Waals surface area contributed by atoms with Crippen molar-refractivity contribution in [2.45, 2.75) is 6.92 Å². The zero-order valence-electron chi connectivity index (χ0n) is 16.1. The molecule has 4 rings (SSSR count). The van der Waals surface area contributed by atoms with Crippen molar-refractivity contribution in [2.75, 3.05) is 36.9 Å². The molecule has 1 aliphatic heterocycles. The predicted molar refractivity (Wildman–Crippen MR) is 108 cm³/mol. The van der Waals surface area contributed by atoms with Gasteiger partial charge in [-0.3, -0.25) is 4.79 Å². The molecule has 1 N–H and O–H groups in total. The third-order valence-electron chi connectivity index (χ3n) is 4.74. The molecule has 1 amide bonds. The number of hydrogen-bond acceptors (Lipinski definition) is 5. The number of piperazine rings is 1. The Morgan fingerprint density at radius 3 is 2.52 bits per heavy atom. The van der Waals surface area contributed by atoms with Crippen molar-refractivity contribution in [1.29, 1.82) is 0 Å². The lowest BCUT2D eigenvalue weighted by molar-refractivity contribution is -0.129. The van der Waals surface area contributed by atoms with Crippen molar-refractivity contribution >= 4 is 23.2 Å². The molecule has 3 aromatic rings. The molecule has 2 aromatic carbocycles. The molecule has 7 nitrogen and oxygen atoms in total. The third-order valence-corrected chi connectivity index (χ3v) is 4.74. The monoisotopic (exact) mass is 400 g/mol. The van der Waals surface area contributed by atoms with E-state index >= 15 is 0 Å². The number of aromatic nitrogens is 3. The minimum absolute atomic E-state index is 0. The largest absolute Gasteiger partial charge is 0.360 e. The number of anilines is 3. The van der Waals surface area contributed by atoms with Crippen molar-refractivity contribution in [3.63, 3.8) is 0 Å². The molecule has 29 heavy (non-hydrogen) atoms. The van der Waals surface area contributed by atoms with Gasteiger partial charge >= 0.3 is 0 Å². The number of carbonyl (C=O) groups excluding carboxylic acids is 1. The van der Waals surface area contributed by atoms with Crippen molar-refractivity contribution in [1.82, 2.24) is 19.7 Å². The van der Waals surface area contributed by atoms with E-state index in [2.05, 4.69) is 15.4 Å². The predicted octanol–water partition coefficient (Wildman–Crippen LogP) is 3.12. The summed E-state index contributed by atoms with van der Waals surface area (Å²) in [5.74, 6) is -0.999. The number of halogens is 2. The summed E-state index contributed by atoms with van der Waals surface area (Å²) in [6.07, 6.45) is 1.38. The first kappa shape index (κ1) is 18.9. The lowest BCUT2D eigenvalue weighted by Gasteiger charge is -2.33. The van der Waals surface area contributed by atoms with Crippen molar-refractivity contribution in [2.24, 2.45) is 0 Å². The van der Waals surface area contributed by atoms with Gasteiger partial charge in [-0.15, -0.1) is 5.10 Å². The normalized spacial score (nSPS) is 14.4. The molecule has 0 spiro atoms. The summed E-state index contributed by atoms with van der Waals surface area (Å²) in [4.78, 5) is 19.9. The first-order chi connectivity index (χ1) is 13.9. The van der Waals surface area contributed by atoms with E-state index in [0.29, 0.717) is 19.0 Å². The van der Waals surface area contributed by atoms with E-state index in [-0.39, 0.29) is 13.0 Å². The van der Waals surface area contributed by atoms with E-state index in [9.17, 15) is 13.6 Å². The summed E-state index contributed by atoms with van der Waals surface area (Å²) >= 11 is 0. The first-order valence-corrected chi connectivity index (χ1v) is 9.13. The van der Waals surface area contributed by atoms with E-state index in [1.807, 2.05) is 30.0 Å². The fraction of sp³-hybridized carbons (Fsp3) is 0.250. The second-order valence-corrected chi connectivity index (χ2v) is 7.06. The summed E-state index contributed by atoms with van der Waals surface area (Å²) < 4.78 is 28.2. The van der Waals surface area contributed by atoms with Crippen LogP contribution < -0.4 is 10.2 Å². The molecule has 2 heterocycles. The van der Waals surface area contributed by atoms with Crippen molar-refractivity contribution in [3.05, 3.63) is 59.9 Å². The highest BCUT2D eigenvalue weighted by molar-refractivity contribution is 5.83. The lowest BCUT2D eigenvalue weighted by atomic mass is 10.1. The minimum Gasteiger partial charge on any atom is -0.360 e. The highest BCUT2D eigenvalue weighted by Gasteiger charge is 2.21. The number of rotatable bonds is 4. The molecule has 0 unspecified atom stereocenters. The number of nitrogens with zero attached hydrogens (tertiary/aromatic N) is 5. The highest BCUT2D eigenvalue weighted by Crippen LogP contribution is 2.25. The van der Waals surface area contributed by atoms with Crippen LogP contribution in [0.15, 0.2) is 42.7 Å². The fourth-order valence-corrected chi connectivity index (χ4v) is 3.24. The van der Waals surface area contributed by atoms with Gasteiger partial charge in [-0.05, 0) is 42.8 Å². The van der Waals surface area contributed by atoms with Crippen LogP contribution in [0.2, 0.25) is 0 Å². The first-order valence-electron chi connectivity index (χ1n) is 9.13. The summed E-state index contributed by atoms with van der Waals surface area (Å²) in [6, 6.07) is 9.04. The number of benzene rings is 2. The Morgan fingerprint density at radius 2 is 1.79 bits per heavy atom. The summed E-state index contributed by atoms with van der Waals surface area (Å²) in [5.41, 5.74) is 2.95. The van der Waals surface area contributed by atoms with Gasteiger partial charge in [-0.2, -0.15) is 4.98 Å². The van der Waals surface area contributed by atoms with Crippen LogP contribution in [-0.4, -0.2) is 52.3 Å². The van der Waals surface area contributed by atoms with Gasteiger partial charge in [-0.25, -0.2) is 13.5 Å². The van der Waals surface area contributed by atoms with Gasteiger partial charge in [0, 0.05) is 39.0 Å². The molecule has 0 saturated carbocycles. The maximum atomic E-state index is 13.4. The van der Waals surface area contributed by atoms with Crippen LogP contribution in [0.5, 0.6) is 0 Å². The van der Waals surface area contributed by atoms with Crippen LogP contribution >= 0.6 is 0 Å². The number of aryl methyl sites for hydroxylation is 1. The van der Waals surface area contributed by atoms with E-state index < -0.39 is 11.6 Å². The fourth-order valence-electron chi connectivity index (χ4n) is 3.24. The van der Waals surface area contributed by atoms with Crippen LogP contribution in [-0.2, 0) is 4.79 Å². The minimum atomic E-state index is -0.685. The Hall–Kier alpha value is -3.49. The average molecular weight is 400 g/mol. The summed E-state index contributed by atoms with van der Waals surface area (Å²) in [6.45, 7) is 3.72. The van der Waals surface area contributed by atoms with Crippen LogP contribution in [0.1, 0.15) is 6.99 Å². The van der Waals surface area contributed by atoms with Crippen LogP contribution in [0.4, 0.5) is 26.1 Å². The number of carbonyl (C=O) groups is 1. The van der Waals surface area contributed by atoms with Gasteiger partial charge in [0.2, 0.25) is 11.9 Å². The average Bonchev–Trinajstić information content (AvgIpc) is 3.11. The molecule has 9 heteroatoms. The molecule has 152 valence electrons. The lowest BCUT2D eigenvalue weighted by Crippen LogP contribution is -2.48. The molecule has 1 aliphatic rings. The number of nitrogens with one attached hydrogen (secondary N) is 1. The standard InChI is InChI=1S/C20H20F2N6O.H2/c1-13-5-16(10-17(6-13)27-4-3-26(2)19(29)11-27)24-20-23-12-28(25-20)18-8-14(21)7-15(22)9-18;/h5-10,12H,3-4,11H2,1-2H3,(H,24,25);1H. The topological polar surface area (TPSA) is 66.3 Å². The summed E-state index contributed by atoms with van der Waals surface area (Å²) in [5, 5.41) is 7.35. The van der Waals surface area contributed by atoms with E-state index in [0.717, 1.165) is 29.5 Å². The Kier molecular flexibility index (Phi) is 4.87. The van der Waals surface area contributed by atoms with Gasteiger partial charge in [0.05, 0.1) is 12.2 Å². The van der Waals surface area contributed by atoms with Gasteiger partial charge in [0.15, 0.2) is 0 Å². The van der Waals surface area contributed by atoms with Gasteiger partial charge in [-0.1, -0.05) is 0 Å². The molecule has 1 aromatic heterocycles. The number of hydrogen-bond donors (Lipinski definition) is 1. The Balaban J connectivity index is 0.00000256. The second-order valence-electron chi connectivity index (χ2n) is 7.06. The third kappa shape index (κ3) is 4.18. The molecule has 1 fully saturated rings. The zero-order chi connectivity index (χ0) is 20.5. The van der Waals surface area contributed by atoms with Gasteiger partial charge in [0.1, 0.15) is 18.0 Å². The maximum absolute atomic E-state index is 13.4. The van der Waals surface area contributed by atoms with E-state index in [1.165, 1.54) is 23.1 Å². The van der Waals surface area contributed by atoms with Crippen LogP contribution in [0, 0.1) is 18.6 Å². The molecule has 0 atom stereocenters. The van der Waals surface area contributed by atoms with Crippen molar-refractivity contribution < 1.29 is 15.0 Å². The summed E-state index contributed by atoms with van der Waals surface area (Å²) in [7, 11) is 1.80. The Morgan fingerprint density at radius 1 is 1.03 bits per heavy atom. The molecular weight excluding hydrogens is 378 g/mol. The molecule has 1 saturated heterocycles. The second kappa shape index (κ2) is 7.50. The number of likely N-dealkylation sites (N-methyl/N-ethyl adjacent to an activating group) is 1. The highest BCUT2D eigenvalue weighted by atomic mass is 19.1. The molecule has 0 aliphatic carbocycles. The number of amides is 1. The molecule has 0 bridgehead atoms. The quantitative estimate of drug-likeness (QED) is 0.729. The zero-order valence-corrected chi connectivity index (χ0v) is 16.1. The molecule has 0 radical (unpaired) electrons. The van der Waals surface area contributed by atoms with E-state index in [1.54, 1.807) is 11.9 Å². The smallest absolute Gasteiger partial charge is 0.246 e. The van der Waals surface area contributed by atoms with Gasteiger partial charge < -0.3 is 15.1 Å². The Labute approximate surface area is 168 Å². The van der Waals surface area contributed by atoms with E-state index in [4.69, 9.17) is 0 Å². The van der Waals surface area contributed by atoms with Crippen LogP contribution in [0.3, 0.4) is 0 Å². The molecular formula is C20H22F2N6O. The van der Waals surface area contributed by atoms with Crippen molar-refractivity contribution in [3.8, 4) is 5.69 Å². The SMILES string of the molecule is Cc1cc(Nc2ncn(-c3cc(F)cc(F)c3)n2)cc(N2CCN(C)C(=O)C2)c1.[HH]. The van der Waals surface area contributed by atoms with Crippen LogP contribution in [0.25, 0.3) is 5.69 Å². The maximum Gasteiger partial charge on any atom is 0.246 e.